The highest BCUT2D eigenvalue weighted by Crippen LogP contribution is 2.13. The van der Waals surface area contributed by atoms with Crippen molar-refractivity contribution in [2.75, 3.05) is 7.11 Å². The Labute approximate surface area is 120 Å². The van der Waals surface area contributed by atoms with Crippen LogP contribution in [0.15, 0.2) is 48.7 Å². The van der Waals surface area contributed by atoms with E-state index in [0.29, 0.717) is 17.0 Å². The summed E-state index contributed by atoms with van der Waals surface area (Å²) in [7, 11) is 1.33. The van der Waals surface area contributed by atoms with Crippen LogP contribution in [-0.2, 0) is 11.3 Å². The molecule has 106 valence electrons. The number of benzene rings is 1. The van der Waals surface area contributed by atoms with Gasteiger partial charge in [0.25, 0.3) is 0 Å². The molecule has 0 aliphatic carbocycles. The lowest BCUT2D eigenvalue weighted by molar-refractivity contribution is 0.0602. The summed E-state index contributed by atoms with van der Waals surface area (Å²) in [5.74, 6) is 0.795. The largest absolute Gasteiger partial charge is 0.486 e. The molecule has 0 bridgehead atoms. The number of nitrogens with zero attached hydrogens (tertiary/aromatic N) is 3. The predicted octanol–water partition coefficient (Wildman–Crippen LogP) is 2.09. The van der Waals surface area contributed by atoms with Crippen LogP contribution < -0.4 is 4.74 Å². The number of esters is 1. The number of hydrogen-bond donors (Lipinski definition) is 0. The Morgan fingerprint density at radius 3 is 2.76 bits per heavy atom. The van der Waals surface area contributed by atoms with Gasteiger partial charge in [0.15, 0.2) is 11.5 Å². The second-order valence-electron chi connectivity index (χ2n) is 4.31. The van der Waals surface area contributed by atoms with E-state index >= 15 is 0 Å². The van der Waals surface area contributed by atoms with E-state index in [1.807, 2.05) is 30.3 Å². The van der Waals surface area contributed by atoms with Gasteiger partial charge in [0.1, 0.15) is 17.9 Å². The van der Waals surface area contributed by atoms with Gasteiger partial charge in [-0.2, -0.15) is 0 Å². The maximum atomic E-state index is 11.7. The lowest BCUT2D eigenvalue weighted by Crippen LogP contribution is -2.04. The third kappa shape index (κ3) is 2.69. The lowest BCUT2D eigenvalue weighted by Gasteiger charge is -2.01. The molecule has 0 unspecified atom stereocenters. The summed E-state index contributed by atoms with van der Waals surface area (Å²) < 4.78 is 11.9. The van der Waals surface area contributed by atoms with E-state index in [-0.39, 0.29) is 6.61 Å². The summed E-state index contributed by atoms with van der Waals surface area (Å²) in [4.78, 5) is 16.0. The number of carbonyl (C=O) groups is 1. The molecule has 0 atom stereocenters. The Hall–Kier alpha value is -2.89. The number of ether oxygens (including phenoxy) is 2. The fourth-order valence-electron chi connectivity index (χ4n) is 1.95. The number of fused-ring (bicyclic) bond motifs is 1. The highest BCUT2D eigenvalue weighted by molar-refractivity contribution is 5.95. The van der Waals surface area contributed by atoms with E-state index in [2.05, 4.69) is 10.1 Å². The van der Waals surface area contributed by atoms with Crippen LogP contribution in [0.3, 0.4) is 0 Å². The molecule has 0 amide bonds. The number of para-hydroxylation sites is 1. The molecule has 0 fully saturated rings. The molecule has 0 spiro atoms. The van der Waals surface area contributed by atoms with Crippen molar-refractivity contribution in [1.29, 1.82) is 0 Å². The van der Waals surface area contributed by atoms with Gasteiger partial charge in [0.2, 0.25) is 0 Å². The monoisotopic (exact) mass is 283 g/mol. The van der Waals surface area contributed by atoms with Crippen LogP contribution in [0.4, 0.5) is 0 Å². The number of rotatable bonds is 4. The van der Waals surface area contributed by atoms with Gasteiger partial charge >= 0.3 is 5.97 Å². The first kappa shape index (κ1) is 13.1. The summed E-state index contributed by atoms with van der Waals surface area (Å²) in [6.45, 7) is 0.228. The number of methoxy groups -OCH3 is 1. The Morgan fingerprint density at radius 2 is 2.00 bits per heavy atom. The van der Waals surface area contributed by atoms with Gasteiger partial charge in [0, 0.05) is 6.20 Å². The molecule has 21 heavy (non-hydrogen) atoms. The molecule has 0 radical (unpaired) electrons. The van der Waals surface area contributed by atoms with Gasteiger partial charge in [0.05, 0.1) is 7.11 Å². The van der Waals surface area contributed by atoms with E-state index in [9.17, 15) is 4.79 Å². The maximum absolute atomic E-state index is 11.7. The molecule has 3 rings (SSSR count). The van der Waals surface area contributed by atoms with Gasteiger partial charge < -0.3 is 9.47 Å². The zero-order valence-corrected chi connectivity index (χ0v) is 11.4. The molecule has 0 saturated heterocycles. The number of carbonyl (C=O) groups excluding carboxylic acids is 1. The Bertz CT molecular complexity index is 768. The summed E-state index contributed by atoms with van der Waals surface area (Å²) >= 11 is 0. The molecule has 1 aromatic carbocycles. The zero-order valence-electron chi connectivity index (χ0n) is 11.4. The Balaban J connectivity index is 1.86. The minimum Gasteiger partial charge on any atom is -0.486 e. The molecule has 3 aromatic rings. The summed E-state index contributed by atoms with van der Waals surface area (Å²) in [5, 5.41) is 4.28. The number of hydrogen-bond acceptors (Lipinski definition) is 5. The summed E-state index contributed by atoms with van der Waals surface area (Å²) in [6.07, 6.45) is 1.72. The number of pyridine rings is 1. The normalized spacial score (nSPS) is 10.5. The van der Waals surface area contributed by atoms with E-state index in [1.54, 1.807) is 18.3 Å². The smallest absolute Gasteiger partial charge is 0.341 e. The first-order valence-electron chi connectivity index (χ1n) is 6.38. The molecular formula is C15H13N3O3. The van der Waals surface area contributed by atoms with Gasteiger partial charge in [-0.15, -0.1) is 5.10 Å². The van der Waals surface area contributed by atoms with Crippen LogP contribution in [0.5, 0.6) is 5.75 Å². The molecule has 6 nitrogen and oxygen atoms in total. The van der Waals surface area contributed by atoms with Gasteiger partial charge in [-0.05, 0) is 24.3 Å². The minimum absolute atomic E-state index is 0.228. The molecule has 6 heteroatoms. The van der Waals surface area contributed by atoms with Crippen molar-refractivity contribution in [3.8, 4) is 5.75 Å². The SMILES string of the molecule is COC(=O)c1cccn2nc(COc3ccccc3)nc12. The van der Waals surface area contributed by atoms with Gasteiger partial charge in [-0.3, -0.25) is 0 Å². The average molecular weight is 283 g/mol. The van der Waals surface area contributed by atoms with Crippen molar-refractivity contribution >= 4 is 11.6 Å². The van der Waals surface area contributed by atoms with Crippen LogP contribution in [0, 0.1) is 0 Å². The van der Waals surface area contributed by atoms with Crippen LogP contribution in [0.2, 0.25) is 0 Å². The molecule has 2 heterocycles. The van der Waals surface area contributed by atoms with Crippen LogP contribution in [0.1, 0.15) is 16.2 Å². The third-order valence-electron chi connectivity index (χ3n) is 2.92. The molecule has 0 N–H and O–H groups in total. The first-order valence-corrected chi connectivity index (χ1v) is 6.38. The van der Waals surface area contributed by atoms with Crippen molar-refractivity contribution in [1.82, 2.24) is 14.6 Å². The summed E-state index contributed by atoms with van der Waals surface area (Å²) in [6, 6.07) is 12.8. The fourth-order valence-corrected chi connectivity index (χ4v) is 1.95. The number of aromatic nitrogens is 3. The van der Waals surface area contributed by atoms with Crippen LogP contribution in [0.25, 0.3) is 5.65 Å². The van der Waals surface area contributed by atoms with Crippen LogP contribution >= 0.6 is 0 Å². The highest BCUT2D eigenvalue weighted by Gasteiger charge is 2.14. The third-order valence-corrected chi connectivity index (χ3v) is 2.92. The molecule has 0 aliphatic rings. The molecule has 0 aliphatic heterocycles. The van der Waals surface area contributed by atoms with Gasteiger partial charge in [-0.25, -0.2) is 14.3 Å². The van der Waals surface area contributed by atoms with Crippen molar-refractivity contribution in [3.05, 3.63) is 60.0 Å². The van der Waals surface area contributed by atoms with Crippen molar-refractivity contribution in [2.24, 2.45) is 0 Å². The van der Waals surface area contributed by atoms with E-state index in [4.69, 9.17) is 9.47 Å². The Kier molecular flexibility index (Phi) is 3.51. The van der Waals surface area contributed by atoms with Crippen molar-refractivity contribution in [2.45, 2.75) is 6.61 Å². The summed E-state index contributed by atoms with van der Waals surface area (Å²) in [5.41, 5.74) is 0.828. The molecular weight excluding hydrogens is 270 g/mol. The molecule has 2 aromatic heterocycles. The zero-order chi connectivity index (χ0) is 14.7. The average Bonchev–Trinajstić information content (AvgIpc) is 2.96. The highest BCUT2D eigenvalue weighted by atomic mass is 16.5. The topological polar surface area (TPSA) is 65.7 Å². The predicted molar refractivity (Wildman–Crippen MR) is 75.1 cm³/mol. The minimum atomic E-state index is -0.441. The quantitative estimate of drug-likeness (QED) is 0.686. The maximum Gasteiger partial charge on any atom is 0.341 e. The molecule has 0 saturated carbocycles. The van der Waals surface area contributed by atoms with Crippen LogP contribution in [-0.4, -0.2) is 27.7 Å². The van der Waals surface area contributed by atoms with Crippen molar-refractivity contribution < 1.29 is 14.3 Å². The fraction of sp³-hybridized carbons (Fsp3) is 0.133. The standard InChI is InChI=1S/C15H13N3O3/c1-20-15(19)12-8-5-9-18-14(12)16-13(17-18)10-21-11-6-3-2-4-7-11/h2-9H,10H2,1H3. The lowest BCUT2D eigenvalue weighted by atomic mass is 10.3. The van der Waals surface area contributed by atoms with E-state index < -0.39 is 5.97 Å². The first-order chi connectivity index (χ1) is 10.3. The second kappa shape index (κ2) is 5.62. The van der Waals surface area contributed by atoms with Gasteiger partial charge in [-0.1, -0.05) is 18.2 Å². The van der Waals surface area contributed by atoms with E-state index in [0.717, 1.165) is 5.75 Å². The Morgan fingerprint density at radius 1 is 1.19 bits per heavy atom. The second-order valence-corrected chi connectivity index (χ2v) is 4.31. The van der Waals surface area contributed by atoms with Crippen molar-refractivity contribution in [3.63, 3.8) is 0 Å². The van der Waals surface area contributed by atoms with E-state index in [1.165, 1.54) is 11.6 Å².